The van der Waals surface area contributed by atoms with Crippen LogP contribution in [-0.4, -0.2) is 43.4 Å². The molecule has 0 saturated carbocycles. The number of amides is 1. The number of phenols is 1. The molecule has 1 aliphatic heterocycles. The van der Waals surface area contributed by atoms with Gasteiger partial charge in [0.1, 0.15) is 5.75 Å². The molecule has 0 atom stereocenters. The molecule has 98 valence electrons. The minimum Gasteiger partial charge on any atom is -0.506 e. The van der Waals surface area contributed by atoms with Crippen molar-refractivity contribution in [3.05, 3.63) is 18.2 Å². The van der Waals surface area contributed by atoms with E-state index in [1.165, 1.54) is 18.2 Å². The number of anilines is 1. The van der Waals surface area contributed by atoms with Gasteiger partial charge in [0.05, 0.1) is 17.1 Å². The first-order valence-corrected chi connectivity index (χ1v) is 6.70. The Bertz CT molecular complexity index is 585. The van der Waals surface area contributed by atoms with E-state index in [1.807, 2.05) is 0 Å². The van der Waals surface area contributed by atoms with Crippen molar-refractivity contribution in [2.45, 2.75) is 4.90 Å². The number of nitrogens with zero attached hydrogens (tertiary/aromatic N) is 1. The number of carbonyl (C=O) groups is 1. The standard InChI is InChI=1S/C10H13N3O4S/c11-8-5-7(1-2-9(8)14)18(16,17)13-4-3-12-10(15)6-13/h1-2,5,14H,3-4,6,11H2,(H,12,15). The molecule has 4 N–H and O–H groups in total. The molecule has 8 heteroatoms. The second kappa shape index (κ2) is 4.46. The van der Waals surface area contributed by atoms with E-state index in [9.17, 15) is 18.3 Å². The number of benzene rings is 1. The maximum Gasteiger partial charge on any atom is 0.243 e. The number of nitrogens with one attached hydrogen (secondary N) is 1. The maximum atomic E-state index is 12.2. The zero-order valence-corrected chi connectivity index (χ0v) is 10.3. The summed E-state index contributed by atoms with van der Waals surface area (Å²) >= 11 is 0. The van der Waals surface area contributed by atoms with E-state index in [4.69, 9.17) is 5.73 Å². The van der Waals surface area contributed by atoms with E-state index < -0.39 is 10.0 Å². The maximum absolute atomic E-state index is 12.2. The van der Waals surface area contributed by atoms with Gasteiger partial charge in [-0.15, -0.1) is 0 Å². The summed E-state index contributed by atoms with van der Waals surface area (Å²) in [5.41, 5.74) is 5.45. The Kier molecular flexibility index (Phi) is 3.14. The average Bonchev–Trinajstić information content (AvgIpc) is 2.32. The predicted octanol–water partition coefficient (Wildman–Crippen LogP) is -0.905. The first-order valence-electron chi connectivity index (χ1n) is 5.26. The number of piperazine rings is 1. The summed E-state index contributed by atoms with van der Waals surface area (Å²) < 4.78 is 25.5. The summed E-state index contributed by atoms with van der Waals surface area (Å²) in [4.78, 5) is 11.2. The van der Waals surface area contributed by atoms with Crippen molar-refractivity contribution in [1.29, 1.82) is 0 Å². The number of rotatable bonds is 2. The number of nitrogens with two attached hydrogens (primary N) is 1. The van der Waals surface area contributed by atoms with Crippen molar-refractivity contribution in [3.63, 3.8) is 0 Å². The minimum absolute atomic E-state index is 0.0162. The Morgan fingerprint density at radius 3 is 2.72 bits per heavy atom. The number of hydrogen-bond acceptors (Lipinski definition) is 5. The van der Waals surface area contributed by atoms with Crippen molar-refractivity contribution in [1.82, 2.24) is 9.62 Å². The van der Waals surface area contributed by atoms with E-state index in [-0.39, 0.29) is 41.9 Å². The van der Waals surface area contributed by atoms with Gasteiger partial charge in [0, 0.05) is 13.1 Å². The van der Waals surface area contributed by atoms with Crippen LogP contribution >= 0.6 is 0 Å². The third-order valence-electron chi connectivity index (χ3n) is 2.64. The summed E-state index contributed by atoms with van der Waals surface area (Å²) in [6, 6.07) is 3.65. The van der Waals surface area contributed by atoms with Crippen LogP contribution in [0.4, 0.5) is 5.69 Å². The molecule has 18 heavy (non-hydrogen) atoms. The van der Waals surface area contributed by atoms with Crippen LogP contribution in [0.25, 0.3) is 0 Å². The van der Waals surface area contributed by atoms with Gasteiger partial charge in [-0.2, -0.15) is 4.31 Å². The molecule has 0 aromatic heterocycles. The van der Waals surface area contributed by atoms with Crippen molar-refractivity contribution in [3.8, 4) is 5.75 Å². The smallest absolute Gasteiger partial charge is 0.243 e. The van der Waals surface area contributed by atoms with Crippen molar-refractivity contribution in [2.24, 2.45) is 0 Å². The molecule has 2 rings (SSSR count). The van der Waals surface area contributed by atoms with E-state index in [2.05, 4.69) is 5.32 Å². The van der Waals surface area contributed by atoms with E-state index >= 15 is 0 Å². The zero-order valence-electron chi connectivity index (χ0n) is 9.46. The number of hydrogen-bond donors (Lipinski definition) is 3. The Balaban J connectivity index is 2.35. The van der Waals surface area contributed by atoms with Gasteiger partial charge in [-0.3, -0.25) is 4.79 Å². The van der Waals surface area contributed by atoms with Crippen LogP contribution in [-0.2, 0) is 14.8 Å². The molecule has 0 aliphatic carbocycles. The fourth-order valence-corrected chi connectivity index (χ4v) is 3.10. The molecule has 0 spiro atoms. The predicted molar refractivity (Wildman–Crippen MR) is 64.3 cm³/mol. The SMILES string of the molecule is Nc1cc(S(=O)(=O)N2CCNC(=O)C2)ccc1O. The molecule has 1 aromatic rings. The molecule has 0 unspecified atom stereocenters. The van der Waals surface area contributed by atoms with Gasteiger partial charge in [-0.1, -0.05) is 0 Å². The highest BCUT2D eigenvalue weighted by Crippen LogP contribution is 2.25. The highest BCUT2D eigenvalue weighted by Gasteiger charge is 2.29. The van der Waals surface area contributed by atoms with Crippen LogP contribution in [0.1, 0.15) is 0 Å². The number of nitrogen functional groups attached to an aromatic ring is 1. The van der Waals surface area contributed by atoms with Crippen molar-refractivity contribution >= 4 is 21.6 Å². The van der Waals surface area contributed by atoms with Crippen LogP contribution in [0, 0.1) is 0 Å². The Morgan fingerprint density at radius 1 is 1.39 bits per heavy atom. The Labute approximate surface area is 104 Å². The first kappa shape index (κ1) is 12.7. The van der Waals surface area contributed by atoms with Gasteiger partial charge in [0.2, 0.25) is 15.9 Å². The summed E-state index contributed by atoms with van der Waals surface area (Å²) in [6.45, 7) is 0.295. The minimum atomic E-state index is -3.75. The normalized spacial score (nSPS) is 17.4. The van der Waals surface area contributed by atoms with Crippen LogP contribution in [0.5, 0.6) is 5.75 Å². The molecule has 1 saturated heterocycles. The van der Waals surface area contributed by atoms with Gasteiger partial charge >= 0.3 is 0 Å². The molecular weight excluding hydrogens is 258 g/mol. The van der Waals surface area contributed by atoms with Crippen LogP contribution < -0.4 is 11.1 Å². The van der Waals surface area contributed by atoms with Gasteiger partial charge in [0.25, 0.3) is 0 Å². The van der Waals surface area contributed by atoms with Crippen molar-refractivity contribution < 1.29 is 18.3 Å². The van der Waals surface area contributed by atoms with Crippen LogP contribution in [0.2, 0.25) is 0 Å². The topological polar surface area (TPSA) is 113 Å². The second-order valence-electron chi connectivity index (χ2n) is 3.91. The van der Waals surface area contributed by atoms with Crippen LogP contribution in [0.3, 0.4) is 0 Å². The lowest BCUT2D eigenvalue weighted by Gasteiger charge is -2.26. The quantitative estimate of drug-likeness (QED) is 0.476. The lowest BCUT2D eigenvalue weighted by atomic mass is 10.3. The number of phenolic OH excluding ortho intramolecular Hbond substituents is 1. The largest absolute Gasteiger partial charge is 0.506 e. The Hall–Kier alpha value is -1.80. The van der Waals surface area contributed by atoms with Gasteiger partial charge in [0.15, 0.2) is 0 Å². The molecule has 1 heterocycles. The third kappa shape index (κ3) is 2.24. The van der Waals surface area contributed by atoms with Gasteiger partial charge < -0.3 is 16.2 Å². The molecule has 7 nitrogen and oxygen atoms in total. The van der Waals surface area contributed by atoms with Gasteiger partial charge in [-0.05, 0) is 18.2 Å². The molecule has 1 fully saturated rings. The number of carbonyl (C=O) groups excluding carboxylic acids is 1. The molecular formula is C10H13N3O4S. The first-order chi connectivity index (χ1) is 8.41. The summed E-state index contributed by atoms with van der Waals surface area (Å²) in [5, 5.41) is 11.8. The molecule has 1 amide bonds. The fourth-order valence-electron chi connectivity index (χ4n) is 1.66. The molecule has 0 radical (unpaired) electrons. The molecule has 1 aliphatic rings. The lowest BCUT2D eigenvalue weighted by molar-refractivity contribution is -0.122. The monoisotopic (exact) mass is 271 g/mol. The van der Waals surface area contributed by atoms with Crippen LogP contribution in [0.15, 0.2) is 23.1 Å². The zero-order chi connectivity index (χ0) is 13.3. The van der Waals surface area contributed by atoms with Crippen molar-refractivity contribution in [2.75, 3.05) is 25.4 Å². The highest BCUT2D eigenvalue weighted by molar-refractivity contribution is 7.89. The fraction of sp³-hybridized carbons (Fsp3) is 0.300. The third-order valence-corrected chi connectivity index (χ3v) is 4.48. The lowest BCUT2D eigenvalue weighted by Crippen LogP contribution is -2.49. The summed E-state index contributed by atoms with van der Waals surface area (Å²) in [6.07, 6.45) is 0. The van der Waals surface area contributed by atoms with E-state index in [0.29, 0.717) is 0 Å². The summed E-state index contributed by atoms with van der Waals surface area (Å²) in [5.74, 6) is -0.512. The van der Waals surface area contributed by atoms with Gasteiger partial charge in [-0.25, -0.2) is 8.42 Å². The second-order valence-corrected chi connectivity index (χ2v) is 5.85. The Morgan fingerprint density at radius 2 is 2.11 bits per heavy atom. The summed E-state index contributed by atoms with van der Waals surface area (Å²) in [7, 11) is -3.75. The average molecular weight is 271 g/mol. The molecule has 1 aromatic carbocycles. The number of sulfonamides is 1. The van der Waals surface area contributed by atoms with E-state index in [1.54, 1.807) is 0 Å². The van der Waals surface area contributed by atoms with E-state index in [0.717, 1.165) is 4.31 Å². The molecule has 0 bridgehead atoms. The highest BCUT2D eigenvalue weighted by atomic mass is 32.2. The number of aromatic hydroxyl groups is 1.